The third kappa shape index (κ3) is 6.76. The molecule has 7 N–H and O–H groups in total. The lowest BCUT2D eigenvalue weighted by Gasteiger charge is -2.23. The van der Waals surface area contributed by atoms with Crippen LogP contribution in [0.15, 0.2) is 0 Å². The number of primary amides is 1. The highest BCUT2D eigenvalue weighted by Crippen LogP contribution is 2.03. The molecule has 0 aliphatic rings. The van der Waals surface area contributed by atoms with Crippen LogP contribution < -0.4 is 22.1 Å². The summed E-state index contributed by atoms with van der Waals surface area (Å²) in [5, 5.41) is 13.6. The van der Waals surface area contributed by atoms with Crippen molar-refractivity contribution in [3.8, 4) is 0 Å². The molecule has 0 rings (SSSR count). The maximum atomic E-state index is 12.0. The predicted octanol–water partition coefficient (Wildman–Crippen LogP) is -2.17. The maximum Gasteiger partial charge on any atom is 0.326 e. The Balaban J connectivity index is 4.75. The van der Waals surface area contributed by atoms with Crippen LogP contribution in [0.2, 0.25) is 0 Å². The number of hydrogen-bond donors (Lipinski definition) is 6. The number of nitrogens with two attached hydrogens (primary N) is 2. The zero-order valence-electron chi connectivity index (χ0n) is 12.4. The van der Waals surface area contributed by atoms with Gasteiger partial charge in [0.2, 0.25) is 17.7 Å². The van der Waals surface area contributed by atoms with Crippen molar-refractivity contribution in [3.05, 3.63) is 0 Å². The van der Waals surface area contributed by atoms with Gasteiger partial charge in [-0.25, -0.2) is 4.79 Å². The molecule has 0 fully saturated rings. The average molecular weight is 334 g/mol. The Bertz CT molecular complexity index is 443. The third-order valence-electron chi connectivity index (χ3n) is 2.80. The second-order valence-electron chi connectivity index (χ2n) is 5.09. The van der Waals surface area contributed by atoms with Gasteiger partial charge < -0.3 is 27.2 Å². The van der Waals surface area contributed by atoms with E-state index in [1.54, 1.807) is 13.8 Å². The standard InChI is InChI=1S/C12H22N4O5S/c1-5(2)9(12(20)21)16-11(19)7(4-22)15-10(18)6(13)3-8(14)17/h5-7,9,22H,3-4,13H2,1-2H3,(H2,14,17)(H,15,18)(H,16,19)(H,20,21)/t6-,7-,9-/m0/s1. The SMILES string of the molecule is CC(C)[C@H](NC(=O)[C@H](CS)NC(=O)[C@@H](N)CC(N)=O)C(=O)O. The first-order valence-corrected chi connectivity index (χ1v) is 7.21. The number of carbonyl (C=O) groups excluding carboxylic acids is 3. The number of nitrogens with one attached hydrogen (secondary N) is 2. The summed E-state index contributed by atoms with van der Waals surface area (Å²) in [4.78, 5) is 45.5. The van der Waals surface area contributed by atoms with Crippen LogP contribution in [0, 0.1) is 5.92 Å². The van der Waals surface area contributed by atoms with Gasteiger partial charge in [-0.3, -0.25) is 14.4 Å². The highest BCUT2D eigenvalue weighted by Gasteiger charge is 2.29. The quantitative estimate of drug-likeness (QED) is 0.263. The van der Waals surface area contributed by atoms with Crippen molar-refractivity contribution < 1.29 is 24.3 Å². The van der Waals surface area contributed by atoms with E-state index < -0.39 is 41.8 Å². The molecule has 0 aromatic rings. The molecule has 0 saturated carbocycles. The highest BCUT2D eigenvalue weighted by molar-refractivity contribution is 7.80. The van der Waals surface area contributed by atoms with Gasteiger partial charge in [0.1, 0.15) is 12.1 Å². The van der Waals surface area contributed by atoms with E-state index in [-0.39, 0.29) is 18.1 Å². The average Bonchev–Trinajstić information content (AvgIpc) is 2.39. The zero-order valence-corrected chi connectivity index (χ0v) is 13.3. The van der Waals surface area contributed by atoms with Gasteiger partial charge in [-0.15, -0.1) is 0 Å². The van der Waals surface area contributed by atoms with Crippen LogP contribution in [-0.2, 0) is 19.2 Å². The summed E-state index contributed by atoms with van der Waals surface area (Å²) in [5.41, 5.74) is 10.4. The van der Waals surface area contributed by atoms with E-state index in [1.807, 2.05) is 0 Å². The number of rotatable bonds is 9. The maximum absolute atomic E-state index is 12.0. The van der Waals surface area contributed by atoms with Crippen LogP contribution in [0.3, 0.4) is 0 Å². The van der Waals surface area contributed by atoms with Gasteiger partial charge in [0, 0.05) is 5.75 Å². The molecule has 0 aromatic heterocycles. The number of carbonyl (C=O) groups is 4. The second-order valence-corrected chi connectivity index (χ2v) is 5.45. The number of carboxylic acid groups (broad SMARTS) is 1. The lowest BCUT2D eigenvalue weighted by molar-refractivity contribution is -0.143. The monoisotopic (exact) mass is 334 g/mol. The van der Waals surface area contributed by atoms with Crippen molar-refractivity contribution in [2.45, 2.75) is 38.4 Å². The van der Waals surface area contributed by atoms with Gasteiger partial charge >= 0.3 is 5.97 Å². The van der Waals surface area contributed by atoms with Crippen molar-refractivity contribution in [3.63, 3.8) is 0 Å². The van der Waals surface area contributed by atoms with E-state index in [0.717, 1.165) is 0 Å². The first-order valence-electron chi connectivity index (χ1n) is 6.58. The van der Waals surface area contributed by atoms with E-state index >= 15 is 0 Å². The van der Waals surface area contributed by atoms with Crippen molar-refractivity contribution in [1.29, 1.82) is 0 Å². The predicted molar refractivity (Wildman–Crippen MR) is 82.0 cm³/mol. The van der Waals surface area contributed by atoms with Gasteiger partial charge in [-0.1, -0.05) is 13.8 Å². The van der Waals surface area contributed by atoms with E-state index in [0.29, 0.717) is 0 Å². The topological polar surface area (TPSA) is 165 Å². The molecule has 3 amide bonds. The summed E-state index contributed by atoms with van der Waals surface area (Å²) in [5.74, 6) is -3.78. The third-order valence-corrected chi connectivity index (χ3v) is 3.17. The summed E-state index contributed by atoms with van der Waals surface area (Å²) in [7, 11) is 0. The molecule has 0 bridgehead atoms. The fraction of sp³-hybridized carbons (Fsp3) is 0.667. The minimum absolute atomic E-state index is 0.0642. The molecule has 0 saturated heterocycles. The smallest absolute Gasteiger partial charge is 0.326 e. The van der Waals surface area contributed by atoms with Crippen molar-refractivity contribution in [1.82, 2.24) is 10.6 Å². The van der Waals surface area contributed by atoms with Crippen molar-refractivity contribution >= 4 is 36.3 Å². The van der Waals surface area contributed by atoms with Gasteiger partial charge in [0.15, 0.2) is 0 Å². The Morgan fingerprint density at radius 3 is 2.05 bits per heavy atom. The number of aliphatic carboxylic acids is 1. The molecule has 0 aliphatic carbocycles. The highest BCUT2D eigenvalue weighted by atomic mass is 32.1. The summed E-state index contributed by atoms with van der Waals surface area (Å²) in [6.45, 7) is 3.27. The number of amides is 3. The molecule has 126 valence electrons. The summed E-state index contributed by atoms with van der Waals surface area (Å²) in [6, 6.07) is -3.35. The molecular formula is C12H22N4O5S. The van der Waals surface area contributed by atoms with Crippen LogP contribution >= 0.6 is 12.6 Å². The normalized spacial score (nSPS) is 14.8. The Kier molecular flexibility index (Phi) is 8.50. The summed E-state index contributed by atoms with van der Waals surface area (Å²) in [6.07, 6.45) is -0.365. The number of hydrogen-bond acceptors (Lipinski definition) is 6. The van der Waals surface area contributed by atoms with E-state index in [1.165, 1.54) is 0 Å². The van der Waals surface area contributed by atoms with E-state index in [4.69, 9.17) is 16.6 Å². The van der Waals surface area contributed by atoms with Crippen LogP contribution in [0.4, 0.5) is 0 Å². The molecule has 0 radical (unpaired) electrons. The molecular weight excluding hydrogens is 312 g/mol. The number of carboxylic acids is 1. The van der Waals surface area contributed by atoms with Gasteiger partial charge in [0.05, 0.1) is 12.5 Å². The fourth-order valence-electron chi connectivity index (χ4n) is 1.55. The molecule has 0 heterocycles. The summed E-state index contributed by atoms with van der Waals surface area (Å²) >= 11 is 3.94. The molecule has 3 atom stereocenters. The van der Waals surface area contributed by atoms with Gasteiger partial charge in [-0.05, 0) is 5.92 Å². The van der Waals surface area contributed by atoms with E-state index in [2.05, 4.69) is 23.3 Å². The zero-order chi connectivity index (χ0) is 17.4. The molecule has 22 heavy (non-hydrogen) atoms. The molecule has 9 nitrogen and oxygen atoms in total. The Morgan fingerprint density at radius 1 is 1.14 bits per heavy atom. The van der Waals surface area contributed by atoms with E-state index in [9.17, 15) is 19.2 Å². The lowest BCUT2D eigenvalue weighted by atomic mass is 10.0. The fourth-order valence-corrected chi connectivity index (χ4v) is 1.81. The van der Waals surface area contributed by atoms with Crippen molar-refractivity contribution in [2.24, 2.45) is 17.4 Å². The first kappa shape index (κ1) is 20.2. The molecule has 0 spiro atoms. The van der Waals surface area contributed by atoms with Crippen molar-refractivity contribution in [2.75, 3.05) is 5.75 Å². The molecule has 0 aliphatic heterocycles. The lowest BCUT2D eigenvalue weighted by Crippen LogP contribution is -2.56. The molecule has 0 unspecified atom stereocenters. The van der Waals surface area contributed by atoms with Crippen LogP contribution in [0.25, 0.3) is 0 Å². The molecule has 0 aromatic carbocycles. The minimum atomic E-state index is -1.19. The Morgan fingerprint density at radius 2 is 1.68 bits per heavy atom. The second kappa shape index (κ2) is 9.26. The number of thiol groups is 1. The van der Waals surface area contributed by atoms with Gasteiger partial charge in [-0.2, -0.15) is 12.6 Å². The van der Waals surface area contributed by atoms with Crippen LogP contribution in [0.1, 0.15) is 20.3 Å². The molecule has 10 heteroatoms. The van der Waals surface area contributed by atoms with Crippen LogP contribution in [0.5, 0.6) is 0 Å². The summed E-state index contributed by atoms with van der Waals surface area (Å²) < 4.78 is 0. The Labute approximate surface area is 133 Å². The Hall–Kier alpha value is -1.81. The first-order chi connectivity index (χ1) is 10.1. The van der Waals surface area contributed by atoms with Crippen LogP contribution in [-0.4, -0.2) is 52.7 Å². The largest absolute Gasteiger partial charge is 0.480 e. The van der Waals surface area contributed by atoms with Gasteiger partial charge in [0.25, 0.3) is 0 Å². The minimum Gasteiger partial charge on any atom is -0.480 e.